The van der Waals surface area contributed by atoms with Crippen molar-refractivity contribution in [3.8, 4) is 0 Å². The normalized spacial score (nSPS) is 34.3. The van der Waals surface area contributed by atoms with Crippen molar-refractivity contribution in [3.05, 3.63) is 0 Å². The summed E-state index contributed by atoms with van der Waals surface area (Å²) in [5.41, 5.74) is 0. The molecule has 0 aromatic rings. The predicted molar refractivity (Wildman–Crippen MR) is 75.7 cm³/mol. The minimum absolute atomic E-state index is 0.384. The van der Waals surface area contributed by atoms with Gasteiger partial charge in [-0.25, -0.2) is 0 Å². The first-order chi connectivity index (χ1) is 8.70. The van der Waals surface area contributed by atoms with Gasteiger partial charge in [0, 0.05) is 25.2 Å². The summed E-state index contributed by atoms with van der Waals surface area (Å²) in [5.74, 6) is 1.26. The fourth-order valence-corrected chi connectivity index (χ4v) is 3.53. The number of nitrogens with one attached hydrogen (secondary N) is 1. The van der Waals surface area contributed by atoms with E-state index in [0.29, 0.717) is 30.5 Å². The van der Waals surface area contributed by atoms with Gasteiger partial charge >= 0.3 is 0 Å². The summed E-state index contributed by atoms with van der Waals surface area (Å²) in [6, 6.07) is 1.35. The lowest BCUT2D eigenvalue weighted by Gasteiger charge is -2.31. The first-order valence-electron chi connectivity index (χ1n) is 7.79. The Morgan fingerprint density at radius 1 is 1.17 bits per heavy atom. The maximum Gasteiger partial charge on any atom is 0.0462 e. The lowest BCUT2D eigenvalue weighted by atomic mass is 9.79. The van der Waals surface area contributed by atoms with E-state index in [9.17, 15) is 5.11 Å². The van der Waals surface area contributed by atoms with Crippen molar-refractivity contribution in [3.63, 3.8) is 0 Å². The predicted octanol–water partition coefficient (Wildman–Crippen LogP) is 1.86. The number of aliphatic hydroxyl groups is 1. The third kappa shape index (κ3) is 3.69. The fraction of sp³-hybridized carbons (Fsp3) is 1.00. The molecule has 0 bridgehead atoms. The Kier molecular flexibility index (Phi) is 5.46. The maximum absolute atomic E-state index is 9.43. The van der Waals surface area contributed by atoms with E-state index in [4.69, 9.17) is 0 Å². The van der Waals surface area contributed by atoms with Gasteiger partial charge in [0.15, 0.2) is 0 Å². The average molecular weight is 254 g/mol. The number of aliphatic hydroxyl groups excluding tert-OH is 1. The lowest BCUT2D eigenvalue weighted by molar-refractivity contribution is 0.131. The zero-order chi connectivity index (χ0) is 13.0. The van der Waals surface area contributed by atoms with E-state index < -0.39 is 0 Å². The molecule has 1 saturated carbocycles. The second kappa shape index (κ2) is 6.88. The zero-order valence-corrected chi connectivity index (χ0v) is 12.1. The third-order valence-corrected chi connectivity index (χ3v) is 4.92. The zero-order valence-electron chi connectivity index (χ0n) is 12.1. The minimum Gasteiger partial charge on any atom is -0.396 e. The molecule has 3 atom stereocenters. The van der Waals surface area contributed by atoms with E-state index in [2.05, 4.69) is 24.1 Å². The van der Waals surface area contributed by atoms with Crippen LogP contribution in [0.3, 0.4) is 0 Å². The highest BCUT2D eigenvalue weighted by molar-refractivity contribution is 4.85. The first-order valence-corrected chi connectivity index (χ1v) is 7.79. The van der Waals surface area contributed by atoms with E-state index in [1.165, 1.54) is 45.2 Å². The molecule has 0 aromatic heterocycles. The average Bonchev–Trinajstić information content (AvgIpc) is 2.85. The van der Waals surface area contributed by atoms with E-state index in [-0.39, 0.29) is 0 Å². The summed E-state index contributed by atoms with van der Waals surface area (Å²) in [6.07, 6.45) is 6.48. The monoisotopic (exact) mass is 254 g/mol. The number of hydrogen-bond donors (Lipinski definition) is 2. The van der Waals surface area contributed by atoms with E-state index in [1.807, 2.05) is 0 Å². The topological polar surface area (TPSA) is 35.5 Å². The van der Waals surface area contributed by atoms with Gasteiger partial charge in [0.25, 0.3) is 0 Å². The van der Waals surface area contributed by atoms with E-state index in [0.717, 1.165) is 6.54 Å². The molecule has 3 nitrogen and oxygen atoms in total. The summed E-state index contributed by atoms with van der Waals surface area (Å²) in [6.45, 7) is 8.51. The molecule has 1 aliphatic heterocycles. The molecule has 0 amide bonds. The smallest absolute Gasteiger partial charge is 0.0462 e. The van der Waals surface area contributed by atoms with Gasteiger partial charge in [-0.3, -0.25) is 4.90 Å². The largest absolute Gasteiger partial charge is 0.396 e. The quantitative estimate of drug-likeness (QED) is 0.786. The molecule has 0 radical (unpaired) electrons. The molecule has 0 spiro atoms. The Balaban J connectivity index is 1.71. The van der Waals surface area contributed by atoms with Crippen molar-refractivity contribution in [1.82, 2.24) is 10.2 Å². The van der Waals surface area contributed by atoms with Crippen molar-refractivity contribution in [2.45, 2.75) is 58.0 Å². The molecule has 0 aromatic carbocycles. The van der Waals surface area contributed by atoms with Crippen LogP contribution in [-0.2, 0) is 0 Å². The van der Waals surface area contributed by atoms with Gasteiger partial charge in [-0.15, -0.1) is 0 Å². The Morgan fingerprint density at radius 2 is 1.89 bits per heavy atom. The SMILES string of the molecule is CC(C)N1CCC(NCC2CCCCC2CO)C1. The fourth-order valence-electron chi connectivity index (χ4n) is 3.53. The van der Waals surface area contributed by atoms with Crippen LogP contribution in [0.2, 0.25) is 0 Å². The van der Waals surface area contributed by atoms with Crippen molar-refractivity contribution in [2.24, 2.45) is 11.8 Å². The van der Waals surface area contributed by atoms with Gasteiger partial charge in [0.2, 0.25) is 0 Å². The van der Waals surface area contributed by atoms with Gasteiger partial charge in [0.05, 0.1) is 0 Å². The molecule has 2 rings (SSSR count). The van der Waals surface area contributed by atoms with Crippen LogP contribution in [0.25, 0.3) is 0 Å². The number of rotatable bonds is 5. The van der Waals surface area contributed by atoms with Crippen LogP contribution in [0.1, 0.15) is 46.0 Å². The van der Waals surface area contributed by atoms with Crippen LogP contribution < -0.4 is 5.32 Å². The Hall–Kier alpha value is -0.120. The number of hydrogen-bond acceptors (Lipinski definition) is 3. The first kappa shape index (κ1) is 14.3. The van der Waals surface area contributed by atoms with Gasteiger partial charge in [-0.05, 0) is 58.0 Å². The van der Waals surface area contributed by atoms with Crippen molar-refractivity contribution in [1.29, 1.82) is 0 Å². The van der Waals surface area contributed by atoms with Crippen LogP contribution in [0, 0.1) is 11.8 Å². The van der Waals surface area contributed by atoms with Crippen LogP contribution in [-0.4, -0.2) is 48.3 Å². The number of nitrogens with zero attached hydrogens (tertiary/aromatic N) is 1. The van der Waals surface area contributed by atoms with Crippen LogP contribution >= 0.6 is 0 Å². The molecule has 1 saturated heterocycles. The molecule has 2 aliphatic rings. The minimum atomic E-state index is 0.384. The standard InChI is InChI=1S/C15H30N2O/c1-12(2)17-8-7-15(10-17)16-9-13-5-3-4-6-14(13)11-18/h12-16,18H,3-11H2,1-2H3. The molecule has 106 valence electrons. The summed E-state index contributed by atoms with van der Waals surface area (Å²) in [5, 5.41) is 13.2. The van der Waals surface area contributed by atoms with Gasteiger partial charge in [-0.2, -0.15) is 0 Å². The Bertz CT molecular complexity index is 245. The second-order valence-corrected chi connectivity index (χ2v) is 6.47. The Labute approximate surface area is 112 Å². The van der Waals surface area contributed by atoms with E-state index >= 15 is 0 Å². The van der Waals surface area contributed by atoms with Gasteiger partial charge in [-0.1, -0.05) is 12.8 Å². The molecule has 2 N–H and O–H groups in total. The summed E-state index contributed by atoms with van der Waals surface area (Å²) >= 11 is 0. The molecule has 1 heterocycles. The maximum atomic E-state index is 9.43. The Morgan fingerprint density at radius 3 is 2.50 bits per heavy atom. The van der Waals surface area contributed by atoms with Crippen LogP contribution in [0.15, 0.2) is 0 Å². The molecule has 3 heteroatoms. The van der Waals surface area contributed by atoms with Crippen LogP contribution in [0.5, 0.6) is 0 Å². The molecular weight excluding hydrogens is 224 g/mol. The summed E-state index contributed by atoms with van der Waals surface area (Å²) < 4.78 is 0. The van der Waals surface area contributed by atoms with E-state index in [1.54, 1.807) is 0 Å². The highest BCUT2D eigenvalue weighted by Crippen LogP contribution is 2.29. The molecule has 1 aliphatic carbocycles. The molecule has 3 unspecified atom stereocenters. The number of likely N-dealkylation sites (tertiary alicyclic amines) is 1. The van der Waals surface area contributed by atoms with Gasteiger partial charge < -0.3 is 10.4 Å². The van der Waals surface area contributed by atoms with Crippen LogP contribution in [0.4, 0.5) is 0 Å². The third-order valence-electron chi connectivity index (χ3n) is 4.92. The highest BCUT2D eigenvalue weighted by Gasteiger charge is 2.27. The van der Waals surface area contributed by atoms with Crippen molar-refractivity contribution in [2.75, 3.05) is 26.2 Å². The van der Waals surface area contributed by atoms with Crippen molar-refractivity contribution < 1.29 is 5.11 Å². The lowest BCUT2D eigenvalue weighted by Crippen LogP contribution is -2.40. The van der Waals surface area contributed by atoms with Crippen molar-refractivity contribution >= 4 is 0 Å². The molecule has 18 heavy (non-hydrogen) atoms. The highest BCUT2D eigenvalue weighted by atomic mass is 16.3. The second-order valence-electron chi connectivity index (χ2n) is 6.47. The molecular formula is C15H30N2O. The summed E-state index contributed by atoms with van der Waals surface area (Å²) in [4.78, 5) is 2.56. The molecule has 2 fully saturated rings. The summed E-state index contributed by atoms with van der Waals surface area (Å²) in [7, 11) is 0. The van der Waals surface area contributed by atoms with Gasteiger partial charge in [0.1, 0.15) is 0 Å².